The van der Waals surface area contributed by atoms with Gasteiger partial charge in [-0.2, -0.15) is 0 Å². The molecule has 118 valence electrons. The average Bonchev–Trinajstić information content (AvgIpc) is 2.41. The van der Waals surface area contributed by atoms with Crippen LogP contribution in [0.3, 0.4) is 0 Å². The fraction of sp³-hybridized carbons (Fsp3) is 0.625. The zero-order valence-corrected chi connectivity index (χ0v) is 13.4. The van der Waals surface area contributed by atoms with Crippen LogP contribution >= 0.6 is 0 Å². The van der Waals surface area contributed by atoms with Crippen LogP contribution in [0.2, 0.25) is 0 Å². The van der Waals surface area contributed by atoms with Crippen molar-refractivity contribution in [3.05, 3.63) is 33.9 Å². The van der Waals surface area contributed by atoms with E-state index in [9.17, 15) is 10.1 Å². The number of hydrogen-bond acceptors (Lipinski definition) is 4. The van der Waals surface area contributed by atoms with E-state index in [1.807, 2.05) is 6.07 Å². The molecule has 5 nitrogen and oxygen atoms in total. The Morgan fingerprint density at radius 2 is 2.00 bits per heavy atom. The molecule has 1 aromatic rings. The highest BCUT2D eigenvalue weighted by Gasteiger charge is 2.17. The van der Waals surface area contributed by atoms with Crippen molar-refractivity contribution in [1.29, 1.82) is 0 Å². The van der Waals surface area contributed by atoms with E-state index in [1.165, 1.54) is 0 Å². The Morgan fingerprint density at radius 3 is 2.57 bits per heavy atom. The Balaban J connectivity index is 2.74. The van der Waals surface area contributed by atoms with E-state index in [0.29, 0.717) is 18.9 Å². The molecule has 0 aromatic heterocycles. The summed E-state index contributed by atoms with van der Waals surface area (Å²) in [7, 11) is 0. The molecule has 0 aliphatic rings. The Labute approximate surface area is 126 Å². The monoisotopic (exact) mass is 294 g/mol. The summed E-state index contributed by atoms with van der Waals surface area (Å²) in [6.45, 7) is 9.42. The van der Waals surface area contributed by atoms with Crippen molar-refractivity contribution >= 4 is 5.69 Å². The van der Waals surface area contributed by atoms with Crippen LogP contribution in [0.4, 0.5) is 5.69 Å². The first-order valence-electron chi connectivity index (χ1n) is 7.48. The molecule has 0 heterocycles. The highest BCUT2D eigenvalue weighted by Crippen LogP contribution is 2.28. The minimum absolute atomic E-state index is 0.0237. The standard InChI is InChI=1S/C16H26N2O3/c1-5-6-7-10-21-15-9-8-13(11-14(15)18(19)20)12-17-16(2,3)4/h8-9,11,17H,5-7,10,12H2,1-4H3. The van der Waals surface area contributed by atoms with Crippen LogP contribution < -0.4 is 10.1 Å². The van der Waals surface area contributed by atoms with Crippen LogP contribution in [0.1, 0.15) is 52.5 Å². The summed E-state index contributed by atoms with van der Waals surface area (Å²) in [5, 5.41) is 14.5. The summed E-state index contributed by atoms with van der Waals surface area (Å²) in [6, 6.07) is 5.17. The number of hydrogen-bond donors (Lipinski definition) is 1. The Hall–Kier alpha value is -1.62. The van der Waals surface area contributed by atoms with Gasteiger partial charge in [0.25, 0.3) is 0 Å². The minimum Gasteiger partial charge on any atom is -0.487 e. The molecule has 21 heavy (non-hydrogen) atoms. The molecule has 1 aromatic carbocycles. The first-order valence-corrected chi connectivity index (χ1v) is 7.48. The lowest BCUT2D eigenvalue weighted by molar-refractivity contribution is -0.385. The second-order valence-electron chi connectivity index (χ2n) is 6.22. The largest absolute Gasteiger partial charge is 0.487 e. The fourth-order valence-corrected chi connectivity index (χ4v) is 1.84. The number of unbranched alkanes of at least 4 members (excludes halogenated alkanes) is 2. The maximum atomic E-state index is 11.2. The van der Waals surface area contributed by atoms with Gasteiger partial charge in [0.05, 0.1) is 11.5 Å². The van der Waals surface area contributed by atoms with Crippen LogP contribution in [-0.2, 0) is 6.54 Å². The van der Waals surface area contributed by atoms with Crippen molar-refractivity contribution in [3.8, 4) is 5.75 Å². The topological polar surface area (TPSA) is 64.4 Å². The second kappa shape index (κ2) is 7.98. The summed E-state index contributed by atoms with van der Waals surface area (Å²) in [5.74, 6) is 0.357. The third-order valence-corrected chi connectivity index (χ3v) is 3.05. The zero-order chi connectivity index (χ0) is 15.9. The second-order valence-corrected chi connectivity index (χ2v) is 6.22. The van der Waals surface area contributed by atoms with Crippen LogP contribution in [0.5, 0.6) is 5.75 Å². The maximum absolute atomic E-state index is 11.2. The Morgan fingerprint density at radius 1 is 1.29 bits per heavy atom. The van der Waals surface area contributed by atoms with Gasteiger partial charge in [0.1, 0.15) is 0 Å². The maximum Gasteiger partial charge on any atom is 0.311 e. The number of nitro groups is 1. The van der Waals surface area contributed by atoms with E-state index in [0.717, 1.165) is 24.8 Å². The van der Waals surface area contributed by atoms with Gasteiger partial charge in [-0.15, -0.1) is 0 Å². The van der Waals surface area contributed by atoms with Crippen LogP contribution in [0.25, 0.3) is 0 Å². The first-order chi connectivity index (χ1) is 9.83. The SMILES string of the molecule is CCCCCOc1ccc(CNC(C)(C)C)cc1[N+](=O)[O-]. The molecule has 1 N–H and O–H groups in total. The van der Waals surface area contributed by atoms with Crippen LogP contribution in [0.15, 0.2) is 18.2 Å². The number of ether oxygens (including phenoxy) is 1. The lowest BCUT2D eigenvalue weighted by Gasteiger charge is -2.20. The quantitative estimate of drug-likeness (QED) is 0.446. The average molecular weight is 294 g/mol. The van der Waals surface area contributed by atoms with Crippen molar-refractivity contribution < 1.29 is 9.66 Å². The number of nitro benzene ring substituents is 1. The first kappa shape index (κ1) is 17.4. The number of benzene rings is 1. The molecular weight excluding hydrogens is 268 g/mol. The molecule has 0 saturated heterocycles. The van der Waals surface area contributed by atoms with E-state index >= 15 is 0 Å². The van der Waals surface area contributed by atoms with Crippen LogP contribution in [0, 0.1) is 10.1 Å². The fourth-order valence-electron chi connectivity index (χ4n) is 1.84. The van der Waals surface area contributed by atoms with Gasteiger partial charge in [-0.05, 0) is 38.8 Å². The molecule has 0 spiro atoms. The molecule has 0 fully saturated rings. The van der Waals surface area contributed by atoms with Crippen molar-refractivity contribution in [2.75, 3.05) is 6.61 Å². The Bertz CT molecular complexity index is 467. The molecule has 0 saturated carbocycles. The number of nitrogens with zero attached hydrogens (tertiary/aromatic N) is 1. The summed E-state index contributed by atoms with van der Waals surface area (Å²) in [5.41, 5.74) is 0.904. The highest BCUT2D eigenvalue weighted by molar-refractivity contribution is 5.48. The molecule has 0 amide bonds. The molecule has 0 aliphatic heterocycles. The van der Waals surface area contributed by atoms with Gasteiger partial charge >= 0.3 is 5.69 Å². The van der Waals surface area contributed by atoms with Gasteiger partial charge in [-0.3, -0.25) is 10.1 Å². The molecule has 0 aliphatic carbocycles. The van der Waals surface area contributed by atoms with Gasteiger partial charge in [0.2, 0.25) is 0 Å². The third-order valence-electron chi connectivity index (χ3n) is 3.05. The molecule has 0 atom stereocenters. The number of nitrogens with one attached hydrogen (secondary N) is 1. The van der Waals surface area contributed by atoms with Gasteiger partial charge in [0, 0.05) is 18.2 Å². The molecule has 0 radical (unpaired) electrons. The van der Waals surface area contributed by atoms with Crippen molar-refractivity contribution in [1.82, 2.24) is 5.32 Å². The number of rotatable bonds is 8. The Kier molecular flexibility index (Phi) is 6.62. The molecular formula is C16H26N2O3. The lowest BCUT2D eigenvalue weighted by atomic mass is 10.1. The van der Waals surface area contributed by atoms with Gasteiger partial charge in [-0.1, -0.05) is 25.8 Å². The zero-order valence-electron chi connectivity index (χ0n) is 13.4. The summed E-state index contributed by atoms with van der Waals surface area (Å²) in [4.78, 5) is 10.8. The highest BCUT2D eigenvalue weighted by atomic mass is 16.6. The molecule has 0 unspecified atom stereocenters. The van der Waals surface area contributed by atoms with E-state index < -0.39 is 0 Å². The van der Waals surface area contributed by atoms with E-state index in [4.69, 9.17) is 4.74 Å². The van der Waals surface area contributed by atoms with E-state index in [1.54, 1.807) is 12.1 Å². The van der Waals surface area contributed by atoms with Crippen molar-refractivity contribution in [2.24, 2.45) is 0 Å². The summed E-state index contributed by atoms with van der Waals surface area (Å²) >= 11 is 0. The van der Waals surface area contributed by atoms with Gasteiger partial charge in [-0.25, -0.2) is 0 Å². The van der Waals surface area contributed by atoms with Gasteiger partial charge in [0.15, 0.2) is 5.75 Å². The molecule has 1 rings (SSSR count). The third kappa shape index (κ3) is 6.58. The normalized spacial score (nSPS) is 11.4. The van der Waals surface area contributed by atoms with Crippen molar-refractivity contribution in [3.63, 3.8) is 0 Å². The summed E-state index contributed by atoms with van der Waals surface area (Å²) < 4.78 is 5.54. The molecule has 0 bridgehead atoms. The minimum atomic E-state index is -0.379. The molecule has 5 heteroatoms. The lowest BCUT2D eigenvalue weighted by Crippen LogP contribution is -2.35. The predicted molar refractivity (Wildman–Crippen MR) is 84.7 cm³/mol. The summed E-state index contributed by atoms with van der Waals surface area (Å²) in [6.07, 6.45) is 3.09. The smallest absolute Gasteiger partial charge is 0.311 e. The van der Waals surface area contributed by atoms with Crippen molar-refractivity contribution in [2.45, 2.75) is 59.0 Å². The van der Waals surface area contributed by atoms with Gasteiger partial charge < -0.3 is 10.1 Å². The predicted octanol–water partition coefficient (Wildman–Crippen LogP) is 4.05. The van der Waals surface area contributed by atoms with Crippen LogP contribution in [-0.4, -0.2) is 17.1 Å². The van der Waals surface area contributed by atoms with E-state index in [2.05, 4.69) is 33.0 Å². The van der Waals surface area contributed by atoms with E-state index in [-0.39, 0.29) is 16.1 Å².